The number of nitrogens with zero attached hydrogens (tertiary/aromatic N) is 3. The van der Waals surface area contributed by atoms with E-state index in [1.54, 1.807) is 17.5 Å². The molecule has 1 aliphatic rings. The summed E-state index contributed by atoms with van der Waals surface area (Å²) in [6, 6.07) is 12.5. The maximum absolute atomic E-state index is 12.9. The van der Waals surface area contributed by atoms with Gasteiger partial charge in [-0.05, 0) is 40.8 Å². The molecule has 4 nitrogen and oxygen atoms in total. The lowest BCUT2D eigenvalue weighted by molar-refractivity contribution is 0.0736. The Kier molecular flexibility index (Phi) is 4.17. The van der Waals surface area contributed by atoms with Gasteiger partial charge in [-0.15, -0.1) is 0 Å². The zero-order valence-corrected chi connectivity index (χ0v) is 14.2. The fourth-order valence-corrected chi connectivity index (χ4v) is 4.02. The summed E-state index contributed by atoms with van der Waals surface area (Å²) in [6.07, 6.45) is 5.65. The Morgan fingerprint density at radius 2 is 2.12 bits per heavy atom. The van der Waals surface area contributed by atoms with E-state index in [9.17, 15) is 4.79 Å². The number of carbonyl (C=O) groups excluding carboxylic acids is 1. The van der Waals surface area contributed by atoms with Crippen molar-refractivity contribution in [2.75, 3.05) is 6.54 Å². The fraction of sp³-hybridized carbons (Fsp3) is 0.263. The Bertz CT molecular complexity index is 810. The van der Waals surface area contributed by atoms with Gasteiger partial charge in [-0.1, -0.05) is 30.3 Å². The lowest BCUT2D eigenvalue weighted by Crippen LogP contribution is -2.30. The first-order chi connectivity index (χ1) is 11.8. The van der Waals surface area contributed by atoms with Crippen LogP contribution in [0, 0.1) is 0 Å². The molecule has 4 rings (SSSR count). The first kappa shape index (κ1) is 15.1. The third-order valence-electron chi connectivity index (χ3n) is 4.51. The second kappa shape index (κ2) is 6.61. The monoisotopic (exact) mass is 337 g/mol. The Morgan fingerprint density at radius 3 is 2.92 bits per heavy atom. The smallest absolute Gasteiger partial charge is 0.257 e. The van der Waals surface area contributed by atoms with Crippen LogP contribution in [0.5, 0.6) is 0 Å². The zero-order chi connectivity index (χ0) is 16.4. The second-order valence-corrected chi connectivity index (χ2v) is 6.91. The number of rotatable bonds is 4. The van der Waals surface area contributed by atoms with Gasteiger partial charge in [0, 0.05) is 12.7 Å². The third kappa shape index (κ3) is 2.99. The van der Waals surface area contributed by atoms with E-state index in [0.29, 0.717) is 12.1 Å². The van der Waals surface area contributed by atoms with E-state index in [1.807, 2.05) is 34.0 Å². The summed E-state index contributed by atoms with van der Waals surface area (Å²) < 4.78 is 1.83. The maximum Gasteiger partial charge on any atom is 0.257 e. The van der Waals surface area contributed by atoms with Crippen LogP contribution in [0.3, 0.4) is 0 Å². The molecule has 0 unspecified atom stereocenters. The predicted octanol–water partition coefficient (Wildman–Crippen LogP) is 3.97. The lowest BCUT2D eigenvalue weighted by Gasteiger charge is -2.23. The van der Waals surface area contributed by atoms with Crippen molar-refractivity contribution in [3.63, 3.8) is 0 Å². The van der Waals surface area contributed by atoms with Crippen LogP contribution in [0.25, 0.3) is 0 Å². The van der Waals surface area contributed by atoms with Gasteiger partial charge >= 0.3 is 0 Å². The molecule has 0 bridgehead atoms. The number of amides is 1. The van der Waals surface area contributed by atoms with E-state index in [0.717, 1.165) is 19.4 Å². The number of hydrogen-bond donors (Lipinski definition) is 0. The highest BCUT2D eigenvalue weighted by Gasteiger charge is 2.31. The molecule has 1 amide bonds. The zero-order valence-electron chi connectivity index (χ0n) is 13.3. The first-order valence-corrected chi connectivity index (χ1v) is 9.15. The van der Waals surface area contributed by atoms with Crippen molar-refractivity contribution < 1.29 is 4.79 Å². The summed E-state index contributed by atoms with van der Waals surface area (Å²) in [5, 5.41) is 8.59. The molecule has 24 heavy (non-hydrogen) atoms. The minimum absolute atomic E-state index is 0.0861. The summed E-state index contributed by atoms with van der Waals surface area (Å²) in [5.41, 5.74) is 3.10. The number of benzene rings is 1. The standard InChI is InChI=1S/C19H19N3OS/c23-19(22-9-4-7-18(22)16-8-10-24-14-16)17-11-20-21(13-17)12-15-5-2-1-3-6-15/h1-3,5-6,8,10-11,13-14,18H,4,7,9,12H2/t18-/m0/s1. The van der Waals surface area contributed by atoms with Gasteiger partial charge in [0.15, 0.2) is 0 Å². The maximum atomic E-state index is 12.9. The van der Waals surface area contributed by atoms with Crippen LogP contribution in [-0.2, 0) is 6.54 Å². The molecule has 1 fully saturated rings. The first-order valence-electron chi connectivity index (χ1n) is 8.21. The van der Waals surface area contributed by atoms with Crippen LogP contribution in [0.4, 0.5) is 0 Å². The Hall–Kier alpha value is -2.40. The molecule has 0 radical (unpaired) electrons. The molecular formula is C19H19N3OS. The van der Waals surface area contributed by atoms with Crippen molar-refractivity contribution >= 4 is 17.2 Å². The fourth-order valence-electron chi connectivity index (χ4n) is 3.32. The van der Waals surface area contributed by atoms with Crippen molar-refractivity contribution in [1.82, 2.24) is 14.7 Å². The Morgan fingerprint density at radius 1 is 1.25 bits per heavy atom. The second-order valence-electron chi connectivity index (χ2n) is 6.13. The SMILES string of the molecule is O=C(c1cnn(Cc2ccccc2)c1)N1CCC[C@H]1c1ccsc1. The number of likely N-dealkylation sites (tertiary alicyclic amines) is 1. The molecule has 0 saturated carbocycles. The molecule has 5 heteroatoms. The lowest BCUT2D eigenvalue weighted by atomic mass is 10.1. The van der Waals surface area contributed by atoms with Gasteiger partial charge in [-0.25, -0.2) is 0 Å². The van der Waals surface area contributed by atoms with Gasteiger partial charge in [-0.2, -0.15) is 16.4 Å². The molecule has 1 atom stereocenters. The minimum Gasteiger partial charge on any atom is -0.331 e. The average Bonchev–Trinajstić information content (AvgIpc) is 3.35. The van der Waals surface area contributed by atoms with E-state index in [4.69, 9.17) is 0 Å². The van der Waals surface area contributed by atoms with E-state index in [2.05, 4.69) is 34.1 Å². The summed E-state index contributed by atoms with van der Waals surface area (Å²) in [6.45, 7) is 1.51. The van der Waals surface area contributed by atoms with Crippen molar-refractivity contribution in [1.29, 1.82) is 0 Å². The molecule has 0 spiro atoms. The topological polar surface area (TPSA) is 38.1 Å². The molecule has 2 aromatic heterocycles. The average molecular weight is 337 g/mol. The van der Waals surface area contributed by atoms with E-state index >= 15 is 0 Å². The molecule has 1 aromatic carbocycles. The van der Waals surface area contributed by atoms with Gasteiger partial charge in [0.25, 0.3) is 5.91 Å². The van der Waals surface area contributed by atoms with Gasteiger partial charge in [-0.3, -0.25) is 9.48 Å². The highest BCUT2D eigenvalue weighted by atomic mass is 32.1. The van der Waals surface area contributed by atoms with E-state index in [1.165, 1.54) is 11.1 Å². The number of thiophene rings is 1. The summed E-state index contributed by atoms with van der Waals surface area (Å²) in [7, 11) is 0. The molecule has 3 heterocycles. The van der Waals surface area contributed by atoms with Crippen LogP contribution >= 0.6 is 11.3 Å². The van der Waals surface area contributed by atoms with Crippen LogP contribution in [0.2, 0.25) is 0 Å². The van der Waals surface area contributed by atoms with Crippen LogP contribution in [0.1, 0.15) is 40.4 Å². The number of aromatic nitrogens is 2. The summed E-state index contributed by atoms with van der Waals surface area (Å²) >= 11 is 1.69. The number of carbonyl (C=O) groups is 1. The molecule has 1 aliphatic heterocycles. The molecular weight excluding hydrogens is 318 g/mol. The van der Waals surface area contributed by atoms with Crippen LogP contribution < -0.4 is 0 Å². The normalized spacial score (nSPS) is 17.3. The van der Waals surface area contributed by atoms with Crippen LogP contribution in [0.15, 0.2) is 59.6 Å². The van der Waals surface area contributed by atoms with Gasteiger partial charge in [0.2, 0.25) is 0 Å². The van der Waals surface area contributed by atoms with Crippen molar-refractivity contribution in [3.05, 3.63) is 76.2 Å². The highest BCUT2D eigenvalue weighted by Crippen LogP contribution is 2.34. The quantitative estimate of drug-likeness (QED) is 0.722. The number of hydrogen-bond acceptors (Lipinski definition) is 3. The summed E-state index contributed by atoms with van der Waals surface area (Å²) in [5.74, 6) is 0.0861. The largest absolute Gasteiger partial charge is 0.331 e. The molecule has 3 aromatic rings. The van der Waals surface area contributed by atoms with Crippen molar-refractivity contribution in [3.8, 4) is 0 Å². The van der Waals surface area contributed by atoms with Gasteiger partial charge in [0.05, 0.1) is 24.3 Å². The molecule has 1 saturated heterocycles. The predicted molar refractivity (Wildman–Crippen MR) is 95.1 cm³/mol. The van der Waals surface area contributed by atoms with E-state index < -0.39 is 0 Å². The van der Waals surface area contributed by atoms with Crippen LogP contribution in [-0.4, -0.2) is 27.1 Å². The van der Waals surface area contributed by atoms with Crippen molar-refractivity contribution in [2.24, 2.45) is 0 Å². The van der Waals surface area contributed by atoms with Crippen molar-refractivity contribution in [2.45, 2.75) is 25.4 Å². The molecule has 122 valence electrons. The Labute approximate surface area is 145 Å². The van der Waals surface area contributed by atoms with Gasteiger partial charge < -0.3 is 4.90 Å². The Balaban J connectivity index is 1.50. The third-order valence-corrected chi connectivity index (χ3v) is 5.21. The summed E-state index contributed by atoms with van der Waals surface area (Å²) in [4.78, 5) is 14.9. The van der Waals surface area contributed by atoms with E-state index in [-0.39, 0.29) is 11.9 Å². The molecule has 0 aliphatic carbocycles. The van der Waals surface area contributed by atoms with Gasteiger partial charge in [0.1, 0.15) is 0 Å². The highest BCUT2D eigenvalue weighted by molar-refractivity contribution is 7.08. The minimum atomic E-state index is 0.0861. The molecule has 0 N–H and O–H groups in total.